The van der Waals surface area contributed by atoms with Gasteiger partial charge in [-0.15, -0.1) is 0 Å². The summed E-state index contributed by atoms with van der Waals surface area (Å²) in [5, 5.41) is 3.36. The molecule has 124 valence electrons. The predicted molar refractivity (Wildman–Crippen MR) is 90.4 cm³/mol. The van der Waals surface area contributed by atoms with E-state index in [2.05, 4.69) is 31.0 Å². The van der Waals surface area contributed by atoms with Gasteiger partial charge in [0, 0.05) is 19.6 Å². The first-order chi connectivity index (χ1) is 10.2. The molecule has 1 N–H and O–H groups in total. The maximum Gasteiger partial charge on any atom is 0.227 e. The van der Waals surface area contributed by atoms with Crippen LogP contribution in [0.4, 0.5) is 0 Å². The summed E-state index contributed by atoms with van der Waals surface area (Å²) in [7, 11) is 0. The Hall–Kier alpha value is -0.570. The van der Waals surface area contributed by atoms with Crippen LogP contribution in [-0.2, 0) is 4.79 Å². The molecule has 21 heavy (non-hydrogen) atoms. The predicted octanol–water partition coefficient (Wildman–Crippen LogP) is 3.83. The lowest BCUT2D eigenvalue weighted by atomic mass is 9.96. The van der Waals surface area contributed by atoms with Crippen molar-refractivity contribution in [2.45, 2.75) is 72.1 Å². The fraction of sp³-hybridized carbons (Fsp3) is 0.944. The number of unbranched alkanes of at least 4 members (excludes halogenated alkanes) is 6. The van der Waals surface area contributed by atoms with E-state index < -0.39 is 0 Å². The van der Waals surface area contributed by atoms with Gasteiger partial charge < -0.3 is 10.2 Å². The van der Waals surface area contributed by atoms with Gasteiger partial charge in [-0.2, -0.15) is 0 Å². The molecule has 1 rings (SSSR count). The first-order valence-electron chi connectivity index (χ1n) is 9.20. The fourth-order valence-electron chi connectivity index (χ4n) is 3.17. The van der Waals surface area contributed by atoms with Crippen molar-refractivity contribution in [3.8, 4) is 0 Å². The van der Waals surface area contributed by atoms with Gasteiger partial charge in [0.2, 0.25) is 5.91 Å². The van der Waals surface area contributed by atoms with Gasteiger partial charge >= 0.3 is 0 Å². The smallest absolute Gasteiger partial charge is 0.227 e. The molecule has 1 heterocycles. The van der Waals surface area contributed by atoms with Crippen LogP contribution in [0.2, 0.25) is 0 Å². The van der Waals surface area contributed by atoms with Crippen LogP contribution in [-0.4, -0.2) is 37.0 Å². The summed E-state index contributed by atoms with van der Waals surface area (Å²) in [5.41, 5.74) is 0. The molecule has 1 fully saturated rings. The number of hydrogen-bond acceptors (Lipinski definition) is 2. The van der Waals surface area contributed by atoms with Gasteiger partial charge in [-0.25, -0.2) is 0 Å². The largest absolute Gasteiger partial charge is 0.342 e. The SMILES string of the molecule is CCCCCCN(CCCCCC)C(=O)C1CNCC1C. The Balaban J connectivity index is 2.42. The highest BCUT2D eigenvalue weighted by atomic mass is 16.2. The Kier molecular flexibility index (Phi) is 9.73. The molecule has 2 unspecified atom stereocenters. The molecule has 0 aromatic rings. The van der Waals surface area contributed by atoms with Crippen molar-refractivity contribution in [1.29, 1.82) is 0 Å². The van der Waals surface area contributed by atoms with E-state index in [-0.39, 0.29) is 5.92 Å². The Morgan fingerprint density at radius 3 is 1.95 bits per heavy atom. The second-order valence-corrected chi connectivity index (χ2v) is 6.69. The maximum atomic E-state index is 12.8. The third-order valence-electron chi connectivity index (χ3n) is 4.71. The summed E-state index contributed by atoms with van der Waals surface area (Å²) in [6.45, 7) is 10.5. The third kappa shape index (κ3) is 6.82. The highest BCUT2D eigenvalue weighted by Crippen LogP contribution is 2.19. The standard InChI is InChI=1S/C18H36N2O/c1-4-6-8-10-12-20(13-11-9-7-5-2)18(21)17-15-19-14-16(17)3/h16-17,19H,4-15H2,1-3H3. The maximum absolute atomic E-state index is 12.8. The molecule has 0 saturated carbocycles. The molecule has 1 amide bonds. The third-order valence-corrected chi connectivity index (χ3v) is 4.71. The molecule has 0 spiro atoms. The topological polar surface area (TPSA) is 32.3 Å². The van der Waals surface area contributed by atoms with Crippen molar-refractivity contribution >= 4 is 5.91 Å². The number of nitrogens with zero attached hydrogens (tertiary/aromatic N) is 1. The molecule has 0 aliphatic carbocycles. The van der Waals surface area contributed by atoms with E-state index in [9.17, 15) is 4.79 Å². The van der Waals surface area contributed by atoms with E-state index in [4.69, 9.17) is 0 Å². The lowest BCUT2D eigenvalue weighted by Crippen LogP contribution is -2.40. The Labute approximate surface area is 131 Å². The minimum atomic E-state index is 0.211. The number of hydrogen-bond donors (Lipinski definition) is 1. The highest BCUT2D eigenvalue weighted by molar-refractivity contribution is 5.79. The van der Waals surface area contributed by atoms with Crippen LogP contribution in [0.25, 0.3) is 0 Å². The number of rotatable bonds is 11. The fourth-order valence-corrected chi connectivity index (χ4v) is 3.17. The van der Waals surface area contributed by atoms with Gasteiger partial charge in [0.1, 0.15) is 0 Å². The van der Waals surface area contributed by atoms with Crippen LogP contribution < -0.4 is 5.32 Å². The van der Waals surface area contributed by atoms with E-state index in [0.717, 1.165) is 26.2 Å². The zero-order chi connectivity index (χ0) is 15.5. The molecule has 0 radical (unpaired) electrons. The summed E-state index contributed by atoms with van der Waals surface area (Å²) >= 11 is 0. The van der Waals surface area contributed by atoms with Gasteiger partial charge in [0.25, 0.3) is 0 Å². The lowest BCUT2D eigenvalue weighted by molar-refractivity contribution is -0.136. The molecular weight excluding hydrogens is 260 g/mol. The Bertz CT molecular complexity index is 268. The van der Waals surface area contributed by atoms with Crippen LogP contribution in [0, 0.1) is 11.8 Å². The quantitative estimate of drug-likeness (QED) is 0.588. The van der Waals surface area contributed by atoms with Crippen molar-refractivity contribution in [3.63, 3.8) is 0 Å². The zero-order valence-electron chi connectivity index (χ0n) is 14.5. The Morgan fingerprint density at radius 1 is 0.952 bits per heavy atom. The normalized spacial score (nSPS) is 21.7. The molecule has 2 atom stereocenters. The molecule has 3 heteroatoms. The molecule has 1 saturated heterocycles. The number of carbonyl (C=O) groups excluding carboxylic acids is 1. The average Bonchev–Trinajstić information content (AvgIpc) is 2.91. The number of amides is 1. The summed E-state index contributed by atoms with van der Waals surface area (Å²) in [6.07, 6.45) is 9.95. The van der Waals surface area contributed by atoms with Crippen molar-refractivity contribution in [1.82, 2.24) is 10.2 Å². The highest BCUT2D eigenvalue weighted by Gasteiger charge is 2.32. The van der Waals surface area contributed by atoms with Crippen molar-refractivity contribution in [2.24, 2.45) is 11.8 Å². The molecule has 1 aliphatic rings. The van der Waals surface area contributed by atoms with E-state index >= 15 is 0 Å². The van der Waals surface area contributed by atoms with Crippen molar-refractivity contribution in [2.75, 3.05) is 26.2 Å². The van der Waals surface area contributed by atoms with Crippen molar-refractivity contribution < 1.29 is 4.79 Å². The van der Waals surface area contributed by atoms with Crippen LogP contribution in [0.1, 0.15) is 72.1 Å². The second kappa shape index (κ2) is 11.1. The van der Waals surface area contributed by atoms with Gasteiger partial charge in [0.15, 0.2) is 0 Å². The monoisotopic (exact) mass is 296 g/mol. The van der Waals surface area contributed by atoms with Crippen LogP contribution in [0.5, 0.6) is 0 Å². The number of carbonyl (C=O) groups is 1. The minimum Gasteiger partial charge on any atom is -0.342 e. The molecule has 0 bridgehead atoms. The molecule has 0 aromatic heterocycles. The minimum absolute atomic E-state index is 0.211. The van der Waals surface area contributed by atoms with Gasteiger partial charge in [0.05, 0.1) is 5.92 Å². The van der Waals surface area contributed by atoms with Crippen molar-refractivity contribution in [3.05, 3.63) is 0 Å². The molecular formula is C18H36N2O. The lowest BCUT2D eigenvalue weighted by Gasteiger charge is -2.27. The first kappa shape index (κ1) is 18.5. The van der Waals surface area contributed by atoms with Gasteiger partial charge in [-0.05, 0) is 25.3 Å². The van der Waals surface area contributed by atoms with Crippen LogP contribution in [0.15, 0.2) is 0 Å². The first-order valence-corrected chi connectivity index (χ1v) is 9.20. The van der Waals surface area contributed by atoms with E-state index in [0.29, 0.717) is 11.8 Å². The zero-order valence-corrected chi connectivity index (χ0v) is 14.5. The average molecular weight is 296 g/mol. The Morgan fingerprint density at radius 2 is 1.52 bits per heavy atom. The summed E-state index contributed by atoms with van der Waals surface area (Å²) < 4.78 is 0. The summed E-state index contributed by atoms with van der Waals surface area (Å²) in [5.74, 6) is 1.11. The van der Waals surface area contributed by atoms with E-state index in [1.54, 1.807) is 0 Å². The number of nitrogens with one attached hydrogen (secondary N) is 1. The molecule has 0 aromatic carbocycles. The summed E-state index contributed by atoms with van der Waals surface area (Å²) in [4.78, 5) is 14.9. The molecule has 1 aliphatic heterocycles. The van der Waals surface area contributed by atoms with E-state index in [1.165, 1.54) is 51.4 Å². The summed E-state index contributed by atoms with van der Waals surface area (Å²) in [6, 6.07) is 0. The van der Waals surface area contributed by atoms with Gasteiger partial charge in [-0.3, -0.25) is 4.79 Å². The van der Waals surface area contributed by atoms with Crippen LogP contribution >= 0.6 is 0 Å². The molecule has 3 nitrogen and oxygen atoms in total. The second-order valence-electron chi connectivity index (χ2n) is 6.69. The van der Waals surface area contributed by atoms with E-state index in [1.807, 2.05) is 0 Å². The van der Waals surface area contributed by atoms with Gasteiger partial charge in [-0.1, -0.05) is 59.3 Å². The van der Waals surface area contributed by atoms with Crippen LogP contribution in [0.3, 0.4) is 0 Å².